The fourth-order valence-electron chi connectivity index (χ4n) is 1.61. The molecule has 1 N–H and O–H groups in total. The van der Waals surface area contributed by atoms with Crippen molar-refractivity contribution in [1.82, 2.24) is 9.38 Å². The molecule has 86 valence electrons. The molecule has 2 heterocycles. The van der Waals surface area contributed by atoms with Crippen molar-refractivity contribution in [2.75, 3.05) is 0 Å². The minimum Gasteiger partial charge on any atom is -0.481 e. The van der Waals surface area contributed by atoms with E-state index in [4.69, 9.17) is 5.11 Å². The van der Waals surface area contributed by atoms with E-state index in [1.54, 1.807) is 11.3 Å². The van der Waals surface area contributed by atoms with Crippen LogP contribution >= 0.6 is 11.3 Å². The summed E-state index contributed by atoms with van der Waals surface area (Å²) in [5.74, 6) is -0.844. The van der Waals surface area contributed by atoms with E-state index in [0.29, 0.717) is 5.69 Å². The molecule has 0 fully saturated rings. The van der Waals surface area contributed by atoms with Crippen molar-refractivity contribution < 1.29 is 9.90 Å². The molecule has 0 aliphatic carbocycles. The second-order valence-electron chi connectivity index (χ2n) is 4.83. The molecule has 0 atom stereocenters. The van der Waals surface area contributed by atoms with Crippen LogP contribution in [0.4, 0.5) is 0 Å². The third kappa shape index (κ3) is 1.95. The molecule has 0 spiro atoms. The molecule has 2 rings (SSSR count). The maximum Gasteiger partial charge on any atom is 0.309 e. The van der Waals surface area contributed by atoms with Crippen molar-refractivity contribution in [2.24, 2.45) is 0 Å². The normalized spacial score (nSPS) is 12.2. The Labute approximate surface area is 97.6 Å². The van der Waals surface area contributed by atoms with Gasteiger partial charge >= 0.3 is 5.97 Å². The Kier molecular flexibility index (Phi) is 2.50. The molecule has 0 saturated heterocycles. The number of aromatic nitrogens is 2. The van der Waals surface area contributed by atoms with Crippen LogP contribution in [0.25, 0.3) is 4.96 Å². The maximum atomic E-state index is 10.6. The molecule has 2 aromatic rings. The molecule has 4 nitrogen and oxygen atoms in total. The van der Waals surface area contributed by atoms with Gasteiger partial charge in [0.1, 0.15) is 0 Å². The van der Waals surface area contributed by atoms with Gasteiger partial charge in [0.2, 0.25) is 0 Å². The largest absolute Gasteiger partial charge is 0.481 e. The van der Waals surface area contributed by atoms with Gasteiger partial charge in [-0.05, 0) is 0 Å². The van der Waals surface area contributed by atoms with Crippen LogP contribution in [0.1, 0.15) is 32.2 Å². The molecule has 0 radical (unpaired) electrons. The number of thiazole rings is 1. The number of hydrogen-bond donors (Lipinski definition) is 1. The summed E-state index contributed by atoms with van der Waals surface area (Å²) in [7, 11) is 0. The van der Waals surface area contributed by atoms with Crippen LogP contribution < -0.4 is 0 Å². The van der Waals surface area contributed by atoms with Gasteiger partial charge in [-0.25, -0.2) is 4.98 Å². The van der Waals surface area contributed by atoms with Gasteiger partial charge in [0, 0.05) is 22.7 Å². The first-order valence-corrected chi connectivity index (χ1v) is 5.93. The van der Waals surface area contributed by atoms with Gasteiger partial charge in [0.15, 0.2) is 4.96 Å². The standard InChI is InChI=1S/C11H14N2O2S/c1-11(2,3)8-6-16-10-12-7(4-9(14)15)5-13(8)10/h5-6H,4H2,1-3H3,(H,14,15). The molecule has 16 heavy (non-hydrogen) atoms. The van der Waals surface area contributed by atoms with Crippen LogP contribution in [-0.4, -0.2) is 20.5 Å². The number of carboxylic acids is 1. The Hall–Kier alpha value is -1.36. The zero-order chi connectivity index (χ0) is 11.9. The predicted molar refractivity (Wildman–Crippen MR) is 63.1 cm³/mol. The first kappa shape index (κ1) is 11.1. The van der Waals surface area contributed by atoms with E-state index in [-0.39, 0.29) is 11.8 Å². The monoisotopic (exact) mass is 238 g/mol. The zero-order valence-electron chi connectivity index (χ0n) is 9.52. The lowest BCUT2D eigenvalue weighted by atomic mass is 9.93. The Morgan fingerprint density at radius 1 is 1.56 bits per heavy atom. The summed E-state index contributed by atoms with van der Waals surface area (Å²) < 4.78 is 1.99. The molecular weight excluding hydrogens is 224 g/mol. The molecule has 0 saturated carbocycles. The molecule has 5 heteroatoms. The topological polar surface area (TPSA) is 54.6 Å². The number of carboxylic acid groups (broad SMARTS) is 1. The minimum absolute atomic E-state index is 0.0159. The Morgan fingerprint density at radius 2 is 2.25 bits per heavy atom. The fourth-order valence-corrected chi connectivity index (χ4v) is 2.73. The van der Waals surface area contributed by atoms with Gasteiger partial charge in [0.25, 0.3) is 0 Å². The number of rotatable bonds is 2. The number of nitrogens with zero attached hydrogens (tertiary/aromatic N) is 2. The average Bonchev–Trinajstić information content (AvgIpc) is 2.57. The smallest absolute Gasteiger partial charge is 0.309 e. The molecular formula is C11H14N2O2S. The van der Waals surface area contributed by atoms with Gasteiger partial charge in [-0.15, -0.1) is 11.3 Å². The first-order valence-electron chi connectivity index (χ1n) is 5.05. The van der Waals surface area contributed by atoms with Gasteiger partial charge in [-0.3, -0.25) is 9.20 Å². The zero-order valence-corrected chi connectivity index (χ0v) is 10.3. The van der Waals surface area contributed by atoms with E-state index >= 15 is 0 Å². The Balaban J connectivity index is 2.47. The summed E-state index contributed by atoms with van der Waals surface area (Å²) in [6.45, 7) is 6.39. The van der Waals surface area contributed by atoms with E-state index in [2.05, 4.69) is 31.1 Å². The Bertz CT molecular complexity index is 534. The summed E-state index contributed by atoms with van der Waals surface area (Å²) >= 11 is 1.55. The second kappa shape index (κ2) is 3.59. The van der Waals surface area contributed by atoms with E-state index in [9.17, 15) is 4.79 Å². The highest BCUT2D eigenvalue weighted by Gasteiger charge is 2.20. The molecule has 2 aromatic heterocycles. The van der Waals surface area contributed by atoms with Crippen LogP contribution in [0.2, 0.25) is 0 Å². The second-order valence-corrected chi connectivity index (χ2v) is 5.66. The summed E-state index contributed by atoms with van der Waals surface area (Å²) in [4.78, 5) is 15.8. The fraction of sp³-hybridized carbons (Fsp3) is 0.455. The predicted octanol–water partition coefficient (Wildman–Crippen LogP) is 2.32. The maximum absolute atomic E-state index is 10.6. The summed E-state index contributed by atoms with van der Waals surface area (Å²) in [6.07, 6.45) is 1.80. The van der Waals surface area contributed by atoms with Crippen LogP contribution in [0.5, 0.6) is 0 Å². The van der Waals surface area contributed by atoms with Crippen LogP contribution in [0.3, 0.4) is 0 Å². The molecule has 0 aliphatic heterocycles. The van der Waals surface area contributed by atoms with E-state index in [1.807, 2.05) is 10.6 Å². The molecule has 0 aliphatic rings. The van der Waals surface area contributed by atoms with Gasteiger partial charge in [-0.1, -0.05) is 20.8 Å². The summed E-state index contributed by atoms with van der Waals surface area (Å²) in [5, 5.41) is 10.8. The van der Waals surface area contributed by atoms with Crippen LogP contribution in [0, 0.1) is 0 Å². The van der Waals surface area contributed by atoms with Crippen molar-refractivity contribution in [3.8, 4) is 0 Å². The van der Waals surface area contributed by atoms with E-state index < -0.39 is 5.97 Å². The van der Waals surface area contributed by atoms with Gasteiger partial charge in [0.05, 0.1) is 12.1 Å². The molecule has 0 bridgehead atoms. The Morgan fingerprint density at radius 3 is 2.81 bits per heavy atom. The molecule has 0 unspecified atom stereocenters. The number of fused-ring (bicyclic) bond motifs is 1. The van der Waals surface area contributed by atoms with Crippen molar-refractivity contribution >= 4 is 22.3 Å². The average molecular weight is 238 g/mol. The van der Waals surface area contributed by atoms with Crippen molar-refractivity contribution in [2.45, 2.75) is 32.6 Å². The molecule has 0 aromatic carbocycles. The number of hydrogen-bond acceptors (Lipinski definition) is 3. The van der Waals surface area contributed by atoms with E-state index in [0.717, 1.165) is 10.7 Å². The number of imidazole rings is 1. The summed E-state index contributed by atoms with van der Waals surface area (Å²) in [6, 6.07) is 0. The minimum atomic E-state index is -0.844. The van der Waals surface area contributed by atoms with E-state index in [1.165, 1.54) is 0 Å². The third-order valence-corrected chi connectivity index (χ3v) is 3.20. The first-order chi connectivity index (χ1) is 7.38. The lowest BCUT2D eigenvalue weighted by molar-refractivity contribution is -0.136. The van der Waals surface area contributed by atoms with Gasteiger partial charge in [-0.2, -0.15) is 0 Å². The quantitative estimate of drug-likeness (QED) is 0.873. The van der Waals surface area contributed by atoms with Gasteiger partial charge < -0.3 is 5.11 Å². The number of carbonyl (C=O) groups is 1. The van der Waals surface area contributed by atoms with Crippen LogP contribution in [0.15, 0.2) is 11.6 Å². The van der Waals surface area contributed by atoms with Crippen molar-refractivity contribution in [3.05, 3.63) is 23.0 Å². The summed E-state index contributed by atoms with van der Waals surface area (Å²) in [5.41, 5.74) is 1.82. The van der Waals surface area contributed by atoms with Crippen molar-refractivity contribution in [1.29, 1.82) is 0 Å². The lowest BCUT2D eigenvalue weighted by Gasteiger charge is -2.16. The third-order valence-electron chi connectivity index (χ3n) is 2.36. The van der Waals surface area contributed by atoms with Crippen LogP contribution in [-0.2, 0) is 16.6 Å². The highest BCUT2D eigenvalue weighted by molar-refractivity contribution is 7.15. The molecule has 0 amide bonds. The lowest BCUT2D eigenvalue weighted by Crippen LogP contribution is -2.13. The SMILES string of the molecule is CC(C)(C)c1csc2nc(CC(=O)O)cn12. The number of aliphatic carboxylic acids is 1. The van der Waals surface area contributed by atoms with Crippen molar-refractivity contribution in [3.63, 3.8) is 0 Å². The highest BCUT2D eigenvalue weighted by atomic mass is 32.1. The highest BCUT2D eigenvalue weighted by Crippen LogP contribution is 2.27.